The molecule has 1 aliphatic rings. The lowest BCUT2D eigenvalue weighted by molar-refractivity contribution is -0.129. The minimum absolute atomic E-state index is 0.0135. The van der Waals surface area contributed by atoms with Crippen LogP contribution in [0.1, 0.15) is 42.2 Å². The van der Waals surface area contributed by atoms with E-state index in [0.717, 1.165) is 12.6 Å². The van der Waals surface area contributed by atoms with Crippen molar-refractivity contribution in [1.29, 1.82) is 0 Å². The number of carbonyl (C=O) groups is 1. The van der Waals surface area contributed by atoms with Crippen LogP contribution in [-0.2, 0) is 10.3 Å². The number of nitrogens with two attached hydrogens (primary N) is 2. The number of hydrogen-bond acceptors (Lipinski definition) is 5. The Morgan fingerprint density at radius 3 is 2.63 bits per heavy atom. The van der Waals surface area contributed by atoms with Crippen molar-refractivity contribution in [2.75, 3.05) is 7.05 Å². The van der Waals surface area contributed by atoms with Gasteiger partial charge < -0.3 is 11.5 Å². The molecule has 6 nitrogen and oxygen atoms in total. The molecule has 0 saturated heterocycles. The highest BCUT2D eigenvalue weighted by molar-refractivity contribution is 6.08. The standard InChI is InChI=1S/C22H23F2N5O/c1-3-4-5-9-17(25)14-7-6-8-16(12-14)22(20(30)29(2)21(26)28-22)18-11-10-15(13-27-18)19(23)24/h4-13,19H,3,25H2,1-2H3,(H2,26,28)/b5-4-,17-9-. The largest absolute Gasteiger partial charge is 0.398 e. The highest BCUT2D eigenvalue weighted by Crippen LogP contribution is 2.39. The van der Waals surface area contributed by atoms with Crippen LogP contribution in [0.4, 0.5) is 8.78 Å². The summed E-state index contributed by atoms with van der Waals surface area (Å²) in [7, 11) is 1.50. The first-order chi connectivity index (χ1) is 14.3. The maximum atomic E-state index is 13.2. The normalized spacial score (nSPS) is 19.8. The van der Waals surface area contributed by atoms with E-state index in [0.29, 0.717) is 16.8 Å². The highest BCUT2D eigenvalue weighted by atomic mass is 19.3. The molecule has 0 spiro atoms. The third kappa shape index (κ3) is 3.68. The molecular weight excluding hydrogens is 388 g/mol. The molecule has 0 bridgehead atoms. The van der Waals surface area contributed by atoms with Gasteiger partial charge in [0.2, 0.25) is 5.54 Å². The molecule has 3 rings (SSSR count). The number of pyridine rings is 1. The van der Waals surface area contributed by atoms with Gasteiger partial charge >= 0.3 is 0 Å². The molecule has 30 heavy (non-hydrogen) atoms. The van der Waals surface area contributed by atoms with Crippen molar-refractivity contribution in [2.45, 2.75) is 25.3 Å². The van der Waals surface area contributed by atoms with Crippen molar-refractivity contribution in [3.8, 4) is 0 Å². The van der Waals surface area contributed by atoms with Crippen LogP contribution in [0.2, 0.25) is 0 Å². The van der Waals surface area contributed by atoms with Gasteiger partial charge in [-0.1, -0.05) is 37.3 Å². The lowest BCUT2D eigenvalue weighted by Gasteiger charge is -2.25. The Morgan fingerprint density at radius 1 is 1.30 bits per heavy atom. The van der Waals surface area contributed by atoms with Crippen molar-refractivity contribution in [3.05, 3.63) is 83.2 Å². The Kier molecular flexibility index (Phi) is 5.96. The average Bonchev–Trinajstić information content (AvgIpc) is 2.99. The summed E-state index contributed by atoms with van der Waals surface area (Å²) in [5, 5.41) is 0. The molecule has 0 saturated carbocycles. The molecule has 1 aromatic heterocycles. The average molecular weight is 411 g/mol. The fourth-order valence-electron chi connectivity index (χ4n) is 3.22. The number of aromatic nitrogens is 1. The number of aliphatic imine (C=N–C) groups is 1. The lowest BCUT2D eigenvalue weighted by Crippen LogP contribution is -2.41. The molecule has 1 aliphatic heterocycles. The van der Waals surface area contributed by atoms with E-state index < -0.39 is 17.9 Å². The Bertz CT molecular complexity index is 1030. The lowest BCUT2D eigenvalue weighted by atomic mass is 9.85. The Hall–Kier alpha value is -3.55. The van der Waals surface area contributed by atoms with Gasteiger partial charge in [0, 0.05) is 24.5 Å². The predicted molar refractivity (Wildman–Crippen MR) is 112 cm³/mol. The van der Waals surface area contributed by atoms with Crippen molar-refractivity contribution in [2.24, 2.45) is 16.5 Å². The first kappa shape index (κ1) is 21.2. The Morgan fingerprint density at radius 2 is 2.07 bits per heavy atom. The quantitative estimate of drug-likeness (QED) is 0.713. The van der Waals surface area contributed by atoms with Crippen molar-refractivity contribution < 1.29 is 13.6 Å². The second-order valence-electron chi connectivity index (χ2n) is 6.86. The third-order valence-corrected chi connectivity index (χ3v) is 4.91. The number of allylic oxidation sites excluding steroid dienone is 3. The van der Waals surface area contributed by atoms with Crippen LogP contribution in [0, 0.1) is 0 Å². The number of benzene rings is 1. The Labute approximate surface area is 173 Å². The molecule has 0 aliphatic carbocycles. The van der Waals surface area contributed by atoms with E-state index in [1.54, 1.807) is 24.3 Å². The molecular formula is C22H23F2N5O. The number of nitrogens with zero attached hydrogens (tertiary/aromatic N) is 3. The van der Waals surface area contributed by atoms with Gasteiger partial charge in [-0.15, -0.1) is 0 Å². The molecule has 1 atom stereocenters. The van der Waals surface area contributed by atoms with Gasteiger partial charge in [-0.25, -0.2) is 13.8 Å². The molecule has 156 valence electrons. The molecule has 1 unspecified atom stereocenters. The summed E-state index contributed by atoms with van der Waals surface area (Å²) >= 11 is 0. The van der Waals surface area contributed by atoms with Crippen LogP contribution < -0.4 is 11.5 Å². The zero-order valence-corrected chi connectivity index (χ0v) is 16.7. The summed E-state index contributed by atoms with van der Waals surface area (Å²) in [5.41, 5.74) is 12.2. The summed E-state index contributed by atoms with van der Waals surface area (Å²) in [6, 6.07) is 9.64. The summed E-state index contributed by atoms with van der Waals surface area (Å²) in [6.45, 7) is 2.02. The maximum Gasteiger partial charge on any atom is 0.267 e. The SMILES string of the molecule is CC/C=C\C=C(/N)c1cccc(C2(c3ccc(C(F)F)cn3)N=C(N)N(C)C2=O)c1. The number of hydrogen-bond donors (Lipinski definition) is 2. The van der Waals surface area contributed by atoms with Gasteiger partial charge in [-0.3, -0.25) is 14.7 Å². The van der Waals surface area contributed by atoms with Gasteiger partial charge in [0.15, 0.2) is 5.96 Å². The van der Waals surface area contributed by atoms with E-state index in [1.165, 1.54) is 24.1 Å². The molecule has 1 aromatic carbocycles. The first-order valence-corrected chi connectivity index (χ1v) is 9.42. The summed E-state index contributed by atoms with van der Waals surface area (Å²) in [4.78, 5) is 23.0. The Balaban J connectivity index is 2.16. The number of guanidine groups is 1. The van der Waals surface area contributed by atoms with E-state index in [2.05, 4.69) is 9.98 Å². The molecule has 0 radical (unpaired) electrons. The molecule has 0 fully saturated rings. The fourth-order valence-corrected chi connectivity index (χ4v) is 3.22. The van der Waals surface area contributed by atoms with Crippen LogP contribution in [0.25, 0.3) is 5.70 Å². The third-order valence-electron chi connectivity index (χ3n) is 4.91. The monoisotopic (exact) mass is 411 g/mol. The number of amides is 1. The molecule has 2 heterocycles. The second kappa shape index (κ2) is 8.44. The number of rotatable bonds is 6. The van der Waals surface area contributed by atoms with Crippen LogP contribution in [0.15, 0.2) is 65.8 Å². The van der Waals surface area contributed by atoms with Crippen molar-refractivity contribution >= 4 is 17.6 Å². The molecule has 8 heteroatoms. The van der Waals surface area contributed by atoms with E-state index in [-0.39, 0.29) is 17.2 Å². The minimum Gasteiger partial charge on any atom is -0.398 e. The highest BCUT2D eigenvalue weighted by Gasteiger charge is 2.50. The van der Waals surface area contributed by atoms with Gasteiger partial charge in [0.1, 0.15) is 0 Å². The first-order valence-electron chi connectivity index (χ1n) is 9.42. The topological polar surface area (TPSA) is 97.6 Å². The van der Waals surface area contributed by atoms with Gasteiger partial charge in [0.05, 0.1) is 5.69 Å². The van der Waals surface area contributed by atoms with Crippen LogP contribution >= 0.6 is 0 Å². The number of carbonyl (C=O) groups excluding carboxylic acids is 1. The zero-order valence-electron chi connectivity index (χ0n) is 16.7. The van der Waals surface area contributed by atoms with Crippen molar-refractivity contribution in [1.82, 2.24) is 9.88 Å². The van der Waals surface area contributed by atoms with E-state index in [1.807, 2.05) is 25.1 Å². The number of halogens is 2. The van der Waals surface area contributed by atoms with Gasteiger partial charge in [0.25, 0.3) is 12.3 Å². The molecule has 1 amide bonds. The number of likely N-dealkylation sites (N-methyl/N-ethyl adjacent to an activating group) is 1. The zero-order chi connectivity index (χ0) is 21.9. The smallest absolute Gasteiger partial charge is 0.267 e. The number of alkyl halides is 2. The van der Waals surface area contributed by atoms with E-state index in [4.69, 9.17) is 11.5 Å². The van der Waals surface area contributed by atoms with Crippen molar-refractivity contribution in [3.63, 3.8) is 0 Å². The summed E-state index contributed by atoms with van der Waals surface area (Å²) < 4.78 is 26.0. The van der Waals surface area contributed by atoms with E-state index >= 15 is 0 Å². The summed E-state index contributed by atoms with van der Waals surface area (Å²) in [5.74, 6) is -0.414. The minimum atomic E-state index is -2.66. The molecule has 2 aromatic rings. The predicted octanol–water partition coefficient (Wildman–Crippen LogP) is 3.32. The van der Waals surface area contributed by atoms with Crippen LogP contribution in [0.3, 0.4) is 0 Å². The van der Waals surface area contributed by atoms with Crippen LogP contribution in [0.5, 0.6) is 0 Å². The summed E-state index contributed by atoms with van der Waals surface area (Å²) in [6.07, 6.45) is 4.85. The maximum absolute atomic E-state index is 13.2. The van der Waals surface area contributed by atoms with Gasteiger partial charge in [-0.2, -0.15) is 0 Å². The molecule has 4 N–H and O–H groups in total. The van der Waals surface area contributed by atoms with E-state index in [9.17, 15) is 13.6 Å². The van der Waals surface area contributed by atoms with Crippen LogP contribution in [-0.4, -0.2) is 28.8 Å². The van der Waals surface area contributed by atoms with Gasteiger partial charge in [-0.05, 0) is 41.8 Å². The fraction of sp³-hybridized carbons (Fsp3) is 0.227. The second-order valence-corrected chi connectivity index (χ2v) is 6.86.